The molecule has 0 N–H and O–H groups in total. The van der Waals surface area contributed by atoms with E-state index in [1.165, 1.54) is 19.2 Å². The average molecular weight is 317 g/mol. The van der Waals surface area contributed by atoms with Crippen LogP contribution in [0.1, 0.15) is 18.4 Å². The van der Waals surface area contributed by atoms with Gasteiger partial charge < -0.3 is 14.4 Å². The molecule has 0 unspecified atom stereocenters. The summed E-state index contributed by atoms with van der Waals surface area (Å²) in [7, 11) is 1.35. The Morgan fingerprint density at radius 1 is 1.23 bits per heavy atom. The first-order valence-corrected chi connectivity index (χ1v) is 7.03. The third-order valence-electron chi connectivity index (χ3n) is 3.71. The van der Waals surface area contributed by atoms with Crippen LogP contribution in [0.4, 0.5) is 18.0 Å². The van der Waals surface area contributed by atoms with Crippen molar-refractivity contribution in [2.45, 2.75) is 19.0 Å². The van der Waals surface area contributed by atoms with Crippen LogP contribution in [0.15, 0.2) is 24.3 Å². The lowest BCUT2D eigenvalue weighted by Crippen LogP contribution is -2.39. The monoisotopic (exact) mass is 317 g/mol. The lowest BCUT2D eigenvalue weighted by atomic mass is 9.98. The molecule has 7 heteroatoms. The molecule has 122 valence electrons. The van der Waals surface area contributed by atoms with Crippen LogP contribution in [0.3, 0.4) is 0 Å². The molecule has 1 aromatic carbocycles. The van der Waals surface area contributed by atoms with Gasteiger partial charge in [-0.05, 0) is 43.0 Å². The zero-order valence-corrected chi connectivity index (χ0v) is 12.2. The minimum Gasteiger partial charge on any atom is -0.493 e. The first kappa shape index (κ1) is 16.5. The van der Waals surface area contributed by atoms with Crippen molar-refractivity contribution in [2.75, 3.05) is 26.8 Å². The predicted octanol–water partition coefficient (Wildman–Crippen LogP) is 3.56. The van der Waals surface area contributed by atoms with E-state index in [0.717, 1.165) is 25.0 Å². The van der Waals surface area contributed by atoms with Gasteiger partial charge in [-0.25, -0.2) is 4.79 Å². The molecule has 1 fully saturated rings. The van der Waals surface area contributed by atoms with Gasteiger partial charge in [0.2, 0.25) is 0 Å². The van der Waals surface area contributed by atoms with Gasteiger partial charge in [0.25, 0.3) is 0 Å². The SMILES string of the molecule is COC(=O)N1CCC(COc2ccc(C(F)(F)F)cc2)CC1. The van der Waals surface area contributed by atoms with Crippen molar-refractivity contribution >= 4 is 6.09 Å². The highest BCUT2D eigenvalue weighted by molar-refractivity contribution is 5.67. The quantitative estimate of drug-likeness (QED) is 0.855. The molecule has 4 nitrogen and oxygen atoms in total. The fourth-order valence-electron chi connectivity index (χ4n) is 2.37. The van der Waals surface area contributed by atoms with Crippen molar-refractivity contribution in [3.8, 4) is 5.75 Å². The molecule has 1 amide bonds. The van der Waals surface area contributed by atoms with Crippen LogP contribution < -0.4 is 4.74 Å². The Bertz CT molecular complexity index is 494. The number of carbonyl (C=O) groups excluding carboxylic acids is 1. The second-order valence-electron chi connectivity index (χ2n) is 5.23. The number of rotatable bonds is 3. The van der Waals surface area contributed by atoms with Gasteiger partial charge in [0.15, 0.2) is 0 Å². The lowest BCUT2D eigenvalue weighted by molar-refractivity contribution is -0.137. The fourth-order valence-corrected chi connectivity index (χ4v) is 2.37. The van der Waals surface area contributed by atoms with Gasteiger partial charge in [0.05, 0.1) is 19.3 Å². The number of hydrogen-bond donors (Lipinski definition) is 0. The third-order valence-corrected chi connectivity index (χ3v) is 3.71. The number of benzene rings is 1. The Balaban J connectivity index is 1.78. The van der Waals surface area contributed by atoms with Crippen molar-refractivity contribution in [2.24, 2.45) is 5.92 Å². The summed E-state index contributed by atoms with van der Waals surface area (Å²) in [5, 5.41) is 0. The van der Waals surface area contributed by atoms with Gasteiger partial charge in [-0.15, -0.1) is 0 Å². The number of methoxy groups -OCH3 is 1. The first-order valence-electron chi connectivity index (χ1n) is 7.03. The first-order chi connectivity index (χ1) is 10.4. The van der Waals surface area contributed by atoms with E-state index in [1.54, 1.807) is 4.90 Å². The number of nitrogens with zero attached hydrogens (tertiary/aromatic N) is 1. The summed E-state index contributed by atoms with van der Waals surface area (Å²) in [6, 6.07) is 4.67. The molecular weight excluding hydrogens is 299 g/mol. The van der Waals surface area contributed by atoms with Crippen LogP contribution in [0.5, 0.6) is 5.75 Å². The maximum atomic E-state index is 12.4. The Kier molecular flexibility index (Phi) is 5.15. The van der Waals surface area contributed by atoms with Crippen LogP contribution in [-0.4, -0.2) is 37.8 Å². The Morgan fingerprint density at radius 2 is 1.82 bits per heavy atom. The van der Waals surface area contributed by atoms with Crippen molar-refractivity contribution in [3.05, 3.63) is 29.8 Å². The van der Waals surface area contributed by atoms with Gasteiger partial charge in [0, 0.05) is 13.1 Å². The predicted molar refractivity (Wildman–Crippen MR) is 73.6 cm³/mol. The molecule has 0 bridgehead atoms. The topological polar surface area (TPSA) is 38.8 Å². The summed E-state index contributed by atoms with van der Waals surface area (Å²) < 4.78 is 47.5. The van der Waals surface area contributed by atoms with E-state index >= 15 is 0 Å². The normalized spacial score (nSPS) is 16.5. The number of ether oxygens (including phenoxy) is 2. The molecule has 22 heavy (non-hydrogen) atoms. The van der Waals surface area contributed by atoms with Crippen molar-refractivity contribution in [1.82, 2.24) is 4.90 Å². The Labute approximate surface area is 126 Å². The molecule has 2 rings (SSSR count). The van der Waals surface area contributed by atoms with E-state index < -0.39 is 11.7 Å². The molecule has 0 radical (unpaired) electrons. The molecule has 0 spiro atoms. The minimum atomic E-state index is -4.33. The van der Waals surface area contributed by atoms with Gasteiger partial charge in [-0.3, -0.25) is 0 Å². The Hall–Kier alpha value is -1.92. The highest BCUT2D eigenvalue weighted by atomic mass is 19.4. The Morgan fingerprint density at radius 3 is 2.32 bits per heavy atom. The summed E-state index contributed by atoms with van der Waals surface area (Å²) in [5.74, 6) is 0.701. The number of amides is 1. The molecular formula is C15H18F3NO3. The second kappa shape index (κ2) is 6.89. The molecule has 0 saturated carbocycles. The number of hydrogen-bond acceptors (Lipinski definition) is 3. The molecule has 1 aromatic rings. The molecule has 1 heterocycles. The average Bonchev–Trinajstić information content (AvgIpc) is 2.52. The zero-order valence-electron chi connectivity index (χ0n) is 12.2. The molecule has 1 aliphatic rings. The van der Waals surface area contributed by atoms with Crippen LogP contribution in [0.2, 0.25) is 0 Å². The number of likely N-dealkylation sites (tertiary alicyclic amines) is 1. The molecule has 0 atom stereocenters. The lowest BCUT2D eigenvalue weighted by Gasteiger charge is -2.30. The second-order valence-corrected chi connectivity index (χ2v) is 5.23. The van der Waals surface area contributed by atoms with E-state index in [4.69, 9.17) is 4.74 Å². The maximum absolute atomic E-state index is 12.4. The number of alkyl halides is 3. The van der Waals surface area contributed by atoms with E-state index in [-0.39, 0.29) is 12.0 Å². The maximum Gasteiger partial charge on any atom is 0.416 e. The smallest absolute Gasteiger partial charge is 0.416 e. The largest absolute Gasteiger partial charge is 0.493 e. The number of piperidine rings is 1. The van der Waals surface area contributed by atoms with Crippen LogP contribution in [0.25, 0.3) is 0 Å². The highest BCUT2D eigenvalue weighted by Gasteiger charge is 2.30. The summed E-state index contributed by atoms with van der Waals surface area (Å²) in [5.41, 5.74) is -0.689. The molecule has 0 aliphatic carbocycles. The zero-order chi connectivity index (χ0) is 16.2. The summed E-state index contributed by atoms with van der Waals surface area (Å²) in [4.78, 5) is 13.0. The molecule has 0 aromatic heterocycles. The van der Waals surface area contributed by atoms with Crippen LogP contribution in [-0.2, 0) is 10.9 Å². The van der Waals surface area contributed by atoms with Gasteiger partial charge in [-0.1, -0.05) is 0 Å². The number of halogens is 3. The van der Waals surface area contributed by atoms with Gasteiger partial charge in [-0.2, -0.15) is 13.2 Å². The van der Waals surface area contributed by atoms with E-state index in [2.05, 4.69) is 4.74 Å². The number of carbonyl (C=O) groups is 1. The minimum absolute atomic E-state index is 0.281. The van der Waals surface area contributed by atoms with Crippen LogP contribution >= 0.6 is 0 Å². The molecule has 1 aliphatic heterocycles. The third kappa shape index (κ3) is 4.29. The van der Waals surface area contributed by atoms with Gasteiger partial charge in [0.1, 0.15) is 5.75 Å². The highest BCUT2D eigenvalue weighted by Crippen LogP contribution is 2.30. The van der Waals surface area contributed by atoms with E-state index in [9.17, 15) is 18.0 Å². The van der Waals surface area contributed by atoms with Crippen molar-refractivity contribution < 1.29 is 27.4 Å². The van der Waals surface area contributed by atoms with Crippen LogP contribution in [0, 0.1) is 5.92 Å². The van der Waals surface area contributed by atoms with Gasteiger partial charge >= 0.3 is 12.3 Å². The van der Waals surface area contributed by atoms with Crippen molar-refractivity contribution in [1.29, 1.82) is 0 Å². The standard InChI is InChI=1S/C15H18F3NO3/c1-21-14(20)19-8-6-11(7-9-19)10-22-13-4-2-12(3-5-13)15(16,17)18/h2-5,11H,6-10H2,1H3. The molecule has 1 saturated heterocycles. The van der Waals surface area contributed by atoms with E-state index in [1.807, 2.05) is 0 Å². The summed E-state index contributed by atoms with van der Waals surface area (Å²) >= 11 is 0. The van der Waals surface area contributed by atoms with Crippen molar-refractivity contribution in [3.63, 3.8) is 0 Å². The van der Waals surface area contributed by atoms with E-state index in [0.29, 0.717) is 25.4 Å². The summed E-state index contributed by atoms with van der Waals surface area (Å²) in [6.45, 7) is 1.64. The summed E-state index contributed by atoms with van der Waals surface area (Å²) in [6.07, 6.45) is -3.09. The fraction of sp³-hybridized carbons (Fsp3) is 0.533.